The molecule has 0 heterocycles. The van der Waals surface area contributed by atoms with Crippen LogP contribution in [0.15, 0.2) is 0 Å². The lowest BCUT2D eigenvalue weighted by atomic mass is 9.77. The van der Waals surface area contributed by atoms with Gasteiger partial charge in [-0.05, 0) is 38.5 Å². The second-order valence-electron chi connectivity index (χ2n) is 5.61. The molecule has 2 nitrogen and oxygen atoms in total. The smallest absolute Gasteiger partial charge is 0.0580 e. The third-order valence-corrected chi connectivity index (χ3v) is 3.91. The number of hydrogen-bond donors (Lipinski definition) is 1. The fourth-order valence-corrected chi connectivity index (χ4v) is 2.79. The molecule has 0 aromatic heterocycles. The minimum Gasteiger partial charge on any atom is -0.378 e. The molecule has 1 rings (SSSR count). The highest BCUT2D eigenvalue weighted by molar-refractivity contribution is 4.83. The summed E-state index contributed by atoms with van der Waals surface area (Å²) in [6.07, 6.45) is 12.3. The van der Waals surface area contributed by atoms with Crippen LogP contribution >= 0.6 is 0 Å². The average Bonchev–Trinajstić information content (AvgIpc) is 2.26. The van der Waals surface area contributed by atoms with E-state index < -0.39 is 0 Å². The van der Waals surface area contributed by atoms with Gasteiger partial charge in [0.05, 0.1) is 6.10 Å². The van der Waals surface area contributed by atoms with E-state index in [0.717, 1.165) is 12.5 Å². The van der Waals surface area contributed by atoms with Crippen molar-refractivity contribution in [1.82, 2.24) is 0 Å². The number of rotatable bonds is 10. The van der Waals surface area contributed by atoms with Gasteiger partial charge in [0.25, 0.3) is 0 Å². The zero-order chi connectivity index (χ0) is 12.5. The Kier molecular flexibility index (Phi) is 7.87. The van der Waals surface area contributed by atoms with Crippen molar-refractivity contribution in [3.63, 3.8) is 0 Å². The summed E-state index contributed by atoms with van der Waals surface area (Å²) in [5, 5.41) is 0. The summed E-state index contributed by atoms with van der Waals surface area (Å²) in [5.74, 6) is 0.845. The van der Waals surface area contributed by atoms with E-state index in [9.17, 15) is 0 Å². The van der Waals surface area contributed by atoms with Crippen molar-refractivity contribution in [3.05, 3.63) is 0 Å². The van der Waals surface area contributed by atoms with Gasteiger partial charge < -0.3 is 10.5 Å². The third kappa shape index (κ3) is 6.42. The van der Waals surface area contributed by atoms with Crippen LogP contribution in [0.4, 0.5) is 0 Å². The monoisotopic (exact) mass is 241 g/mol. The topological polar surface area (TPSA) is 35.2 Å². The first-order valence-electron chi connectivity index (χ1n) is 7.63. The van der Waals surface area contributed by atoms with Crippen LogP contribution in [0.5, 0.6) is 0 Å². The van der Waals surface area contributed by atoms with Gasteiger partial charge in [0.2, 0.25) is 0 Å². The molecule has 1 aliphatic carbocycles. The standard InChI is InChI=1S/C15H31NO/c1-3-5-6-7-8-9-14(16)10-13-11-15(12-13)17-4-2/h13-15H,3-12,16H2,1-2H3. The summed E-state index contributed by atoms with van der Waals surface area (Å²) < 4.78 is 5.57. The van der Waals surface area contributed by atoms with Gasteiger partial charge in [-0.2, -0.15) is 0 Å². The van der Waals surface area contributed by atoms with Crippen LogP contribution in [0.25, 0.3) is 0 Å². The molecule has 1 fully saturated rings. The lowest BCUT2D eigenvalue weighted by molar-refractivity contribution is -0.0283. The van der Waals surface area contributed by atoms with Crippen LogP contribution in [0.3, 0.4) is 0 Å². The first-order chi connectivity index (χ1) is 8.26. The van der Waals surface area contributed by atoms with Crippen molar-refractivity contribution in [2.45, 2.75) is 83.8 Å². The third-order valence-electron chi connectivity index (χ3n) is 3.91. The van der Waals surface area contributed by atoms with Gasteiger partial charge in [-0.25, -0.2) is 0 Å². The first kappa shape index (κ1) is 15.0. The summed E-state index contributed by atoms with van der Waals surface area (Å²) >= 11 is 0. The Balaban J connectivity index is 1.90. The van der Waals surface area contributed by atoms with Crippen LogP contribution in [0, 0.1) is 5.92 Å². The average molecular weight is 241 g/mol. The van der Waals surface area contributed by atoms with Crippen LogP contribution in [-0.4, -0.2) is 18.8 Å². The molecule has 0 radical (unpaired) electrons. The maximum Gasteiger partial charge on any atom is 0.0580 e. The quantitative estimate of drug-likeness (QED) is 0.589. The Hall–Kier alpha value is -0.0800. The summed E-state index contributed by atoms with van der Waals surface area (Å²) in [4.78, 5) is 0. The Morgan fingerprint density at radius 3 is 2.47 bits per heavy atom. The van der Waals surface area contributed by atoms with Gasteiger partial charge in [-0.3, -0.25) is 0 Å². The first-order valence-corrected chi connectivity index (χ1v) is 7.63. The van der Waals surface area contributed by atoms with Gasteiger partial charge in [-0.15, -0.1) is 0 Å². The highest BCUT2D eigenvalue weighted by Crippen LogP contribution is 2.33. The summed E-state index contributed by atoms with van der Waals surface area (Å²) in [7, 11) is 0. The van der Waals surface area contributed by atoms with Crippen LogP contribution in [-0.2, 0) is 4.74 Å². The SMILES string of the molecule is CCCCCCCC(N)CC1CC(OCC)C1. The van der Waals surface area contributed by atoms with Crippen molar-refractivity contribution in [3.8, 4) is 0 Å². The van der Waals surface area contributed by atoms with Gasteiger partial charge in [0.15, 0.2) is 0 Å². The Morgan fingerprint density at radius 2 is 1.82 bits per heavy atom. The van der Waals surface area contributed by atoms with E-state index in [1.165, 1.54) is 57.8 Å². The lowest BCUT2D eigenvalue weighted by Gasteiger charge is -2.36. The Labute approximate surface area is 107 Å². The molecule has 102 valence electrons. The van der Waals surface area contributed by atoms with E-state index in [0.29, 0.717) is 12.1 Å². The van der Waals surface area contributed by atoms with E-state index in [1.54, 1.807) is 0 Å². The molecule has 1 saturated carbocycles. The zero-order valence-corrected chi connectivity index (χ0v) is 11.8. The fraction of sp³-hybridized carbons (Fsp3) is 1.00. The van der Waals surface area contributed by atoms with Gasteiger partial charge >= 0.3 is 0 Å². The van der Waals surface area contributed by atoms with E-state index in [2.05, 4.69) is 13.8 Å². The molecule has 2 N–H and O–H groups in total. The van der Waals surface area contributed by atoms with E-state index >= 15 is 0 Å². The Bertz CT molecular complexity index is 178. The number of ether oxygens (including phenoxy) is 1. The minimum atomic E-state index is 0.434. The Morgan fingerprint density at radius 1 is 1.12 bits per heavy atom. The molecule has 0 spiro atoms. The molecular weight excluding hydrogens is 210 g/mol. The summed E-state index contributed by atoms with van der Waals surface area (Å²) in [6, 6.07) is 0.434. The largest absolute Gasteiger partial charge is 0.378 e. The minimum absolute atomic E-state index is 0.434. The fourth-order valence-electron chi connectivity index (χ4n) is 2.79. The maximum atomic E-state index is 6.18. The zero-order valence-electron chi connectivity index (χ0n) is 11.8. The molecule has 0 bridgehead atoms. The molecule has 0 aromatic rings. The summed E-state index contributed by atoms with van der Waals surface area (Å²) in [5.41, 5.74) is 6.18. The van der Waals surface area contributed by atoms with Crippen molar-refractivity contribution in [2.24, 2.45) is 11.7 Å². The predicted octanol–water partition coefficient (Wildman–Crippen LogP) is 3.88. The van der Waals surface area contributed by atoms with E-state index in [1.807, 2.05) is 0 Å². The molecule has 0 saturated heterocycles. The van der Waals surface area contributed by atoms with Gasteiger partial charge in [0, 0.05) is 12.6 Å². The highest BCUT2D eigenvalue weighted by Gasteiger charge is 2.30. The van der Waals surface area contributed by atoms with Crippen LogP contribution in [0.1, 0.15) is 71.6 Å². The molecular formula is C15H31NO. The molecule has 17 heavy (non-hydrogen) atoms. The number of nitrogens with two attached hydrogens (primary N) is 1. The van der Waals surface area contributed by atoms with Gasteiger partial charge in [-0.1, -0.05) is 39.0 Å². The molecule has 0 amide bonds. The number of hydrogen-bond acceptors (Lipinski definition) is 2. The van der Waals surface area contributed by atoms with Crippen molar-refractivity contribution in [2.75, 3.05) is 6.61 Å². The predicted molar refractivity (Wildman–Crippen MR) is 74.1 cm³/mol. The van der Waals surface area contributed by atoms with E-state index in [-0.39, 0.29) is 0 Å². The second-order valence-corrected chi connectivity index (χ2v) is 5.61. The maximum absolute atomic E-state index is 6.18. The molecule has 1 atom stereocenters. The molecule has 1 aliphatic rings. The molecule has 0 aromatic carbocycles. The van der Waals surface area contributed by atoms with Crippen molar-refractivity contribution >= 4 is 0 Å². The summed E-state index contributed by atoms with van der Waals surface area (Å²) in [6.45, 7) is 5.20. The highest BCUT2D eigenvalue weighted by atomic mass is 16.5. The van der Waals surface area contributed by atoms with Crippen molar-refractivity contribution in [1.29, 1.82) is 0 Å². The molecule has 0 aliphatic heterocycles. The van der Waals surface area contributed by atoms with Gasteiger partial charge in [0.1, 0.15) is 0 Å². The number of unbranched alkanes of at least 4 members (excludes halogenated alkanes) is 4. The van der Waals surface area contributed by atoms with Crippen molar-refractivity contribution < 1.29 is 4.74 Å². The second kappa shape index (κ2) is 8.93. The van der Waals surface area contributed by atoms with Crippen LogP contribution in [0.2, 0.25) is 0 Å². The normalized spacial score (nSPS) is 25.6. The molecule has 2 heteroatoms. The molecule has 1 unspecified atom stereocenters. The van der Waals surface area contributed by atoms with Crippen LogP contribution < -0.4 is 5.73 Å². The van der Waals surface area contributed by atoms with E-state index in [4.69, 9.17) is 10.5 Å². The lowest BCUT2D eigenvalue weighted by Crippen LogP contribution is -2.35.